The molecule has 0 saturated carbocycles. The molecular weight excluding hydrogens is 356 g/mol. The van der Waals surface area contributed by atoms with E-state index in [2.05, 4.69) is 10.0 Å². The summed E-state index contributed by atoms with van der Waals surface area (Å²) in [4.78, 5) is 23.1. The van der Waals surface area contributed by atoms with Crippen LogP contribution in [-0.4, -0.2) is 39.0 Å². The van der Waals surface area contributed by atoms with Crippen LogP contribution in [0.4, 0.5) is 0 Å². The molecule has 0 heterocycles. The summed E-state index contributed by atoms with van der Waals surface area (Å²) in [5.41, 5.74) is -0.419. The van der Waals surface area contributed by atoms with E-state index >= 15 is 0 Å². The number of amides is 1. The molecule has 0 saturated heterocycles. The molecule has 0 bridgehead atoms. The lowest BCUT2D eigenvalue weighted by atomic mass is 10.1. The number of hydrogen-bond acceptors (Lipinski definition) is 5. The normalized spacial score (nSPS) is 11.8. The molecule has 0 spiro atoms. The molecule has 0 unspecified atom stereocenters. The third kappa shape index (κ3) is 7.76. The van der Waals surface area contributed by atoms with Crippen LogP contribution >= 0.6 is 11.6 Å². The van der Waals surface area contributed by atoms with Crippen molar-refractivity contribution in [2.75, 3.05) is 13.2 Å². The minimum Gasteiger partial charge on any atom is -0.456 e. The second kappa shape index (κ2) is 8.46. The molecule has 1 rings (SSSR count). The average Bonchev–Trinajstić information content (AvgIpc) is 2.43. The summed E-state index contributed by atoms with van der Waals surface area (Å²) < 4.78 is 31.0. The number of nitrogens with one attached hydrogen (secondary N) is 2. The Bertz CT molecular complexity index is 681. The molecule has 0 aliphatic rings. The fourth-order valence-electron chi connectivity index (χ4n) is 1.66. The highest BCUT2D eigenvalue weighted by Gasteiger charge is 2.17. The zero-order chi connectivity index (χ0) is 18.4. The van der Waals surface area contributed by atoms with Crippen molar-refractivity contribution in [1.29, 1.82) is 0 Å². The standard InChI is InChI=1S/C15H21ClN2O5S/c1-15(2,3)18-13(19)10-23-14(20)8-9-17-24(21,22)12-6-4-11(16)5-7-12/h4-7,17H,8-10H2,1-3H3,(H,18,19). The predicted molar refractivity (Wildman–Crippen MR) is 90.1 cm³/mol. The third-order valence-corrected chi connectivity index (χ3v) is 4.35. The van der Waals surface area contributed by atoms with E-state index in [9.17, 15) is 18.0 Å². The largest absolute Gasteiger partial charge is 0.456 e. The van der Waals surface area contributed by atoms with Crippen molar-refractivity contribution >= 4 is 33.5 Å². The zero-order valence-corrected chi connectivity index (χ0v) is 15.3. The first kappa shape index (κ1) is 20.4. The van der Waals surface area contributed by atoms with Gasteiger partial charge in [-0.3, -0.25) is 9.59 Å². The van der Waals surface area contributed by atoms with Crippen molar-refractivity contribution < 1.29 is 22.7 Å². The van der Waals surface area contributed by atoms with Crippen molar-refractivity contribution in [2.45, 2.75) is 37.6 Å². The van der Waals surface area contributed by atoms with Crippen LogP contribution in [0.2, 0.25) is 5.02 Å². The summed E-state index contributed by atoms with van der Waals surface area (Å²) in [6.07, 6.45) is -0.185. The van der Waals surface area contributed by atoms with Crippen LogP contribution in [0.1, 0.15) is 27.2 Å². The van der Waals surface area contributed by atoms with E-state index in [4.69, 9.17) is 16.3 Å². The van der Waals surface area contributed by atoms with Gasteiger partial charge >= 0.3 is 5.97 Å². The first-order valence-corrected chi connectivity index (χ1v) is 9.07. The molecule has 1 amide bonds. The monoisotopic (exact) mass is 376 g/mol. The maximum absolute atomic E-state index is 12.0. The Kier molecular flexibility index (Phi) is 7.19. The molecule has 0 aliphatic heterocycles. The first-order valence-electron chi connectivity index (χ1n) is 7.21. The highest BCUT2D eigenvalue weighted by molar-refractivity contribution is 7.89. The lowest BCUT2D eigenvalue weighted by Crippen LogP contribution is -2.42. The van der Waals surface area contributed by atoms with Crippen LogP contribution < -0.4 is 10.0 Å². The van der Waals surface area contributed by atoms with Crippen molar-refractivity contribution in [3.8, 4) is 0 Å². The molecule has 2 N–H and O–H groups in total. The van der Waals surface area contributed by atoms with Crippen LogP contribution in [0.15, 0.2) is 29.2 Å². The topological polar surface area (TPSA) is 102 Å². The Hall–Kier alpha value is -1.64. The predicted octanol–water partition coefficient (Wildman–Crippen LogP) is 1.47. The van der Waals surface area contributed by atoms with E-state index in [0.29, 0.717) is 5.02 Å². The Balaban J connectivity index is 2.37. The van der Waals surface area contributed by atoms with E-state index in [1.54, 1.807) is 20.8 Å². The highest BCUT2D eigenvalue weighted by atomic mass is 35.5. The van der Waals surface area contributed by atoms with Gasteiger partial charge in [0.05, 0.1) is 11.3 Å². The Labute approximate surface area is 146 Å². The maximum Gasteiger partial charge on any atom is 0.307 e. The fourth-order valence-corrected chi connectivity index (χ4v) is 2.81. The second-order valence-corrected chi connectivity index (χ2v) is 8.26. The van der Waals surface area contributed by atoms with Gasteiger partial charge in [0.15, 0.2) is 6.61 Å². The number of rotatable bonds is 7. The molecule has 1 aromatic carbocycles. The van der Waals surface area contributed by atoms with Crippen LogP contribution in [0.25, 0.3) is 0 Å². The van der Waals surface area contributed by atoms with Gasteiger partial charge in [-0.15, -0.1) is 0 Å². The molecule has 0 radical (unpaired) electrons. The number of carbonyl (C=O) groups is 2. The number of esters is 1. The van der Waals surface area contributed by atoms with Crippen LogP contribution in [0, 0.1) is 0 Å². The zero-order valence-electron chi connectivity index (χ0n) is 13.8. The van der Waals surface area contributed by atoms with E-state index in [1.165, 1.54) is 24.3 Å². The van der Waals surface area contributed by atoms with Crippen molar-refractivity contribution in [3.63, 3.8) is 0 Å². The van der Waals surface area contributed by atoms with Gasteiger partial charge in [0, 0.05) is 17.1 Å². The molecule has 134 valence electrons. The van der Waals surface area contributed by atoms with Gasteiger partial charge in [-0.2, -0.15) is 0 Å². The summed E-state index contributed by atoms with van der Waals surface area (Å²) in [6, 6.07) is 5.63. The van der Waals surface area contributed by atoms with Crippen LogP contribution in [-0.2, 0) is 24.3 Å². The molecule has 9 heteroatoms. The quantitative estimate of drug-likeness (QED) is 0.701. The van der Waals surface area contributed by atoms with Gasteiger partial charge in [-0.05, 0) is 45.0 Å². The molecule has 0 aromatic heterocycles. The fraction of sp³-hybridized carbons (Fsp3) is 0.467. The molecule has 1 aromatic rings. The summed E-state index contributed by atoms with van der Waals surface area (Å²) in [7, 11) is -3.72. The molecular formula is C15H21ClN2O5S. The Morgan fingerprint density at radius 1 is 1.17 bits per heavy atom. The summed E-state index contributed by atoms with van der Waals surface area (Å²) in [6.45, 7) is 4.87. The van der Waals surface area contributed by atoms with Gasteiger partial charge in [0.2, 0.25) is 10.0 Å². The smallest absolute Gasteiger partial charge is 0.307 e. The van der Waals surface area contributed by atoms with Crippen LogP contribution in [0.5, 0.6) is 0 Å². The molecule has 7 nitrogen and oxygen atoms in total. The minimum atomic E-state index is -3.72. The lowest BCUT2D eigenvalue weighted by Gasteiger charge is -2.20. The number of benzene rings is 1. The Morgan fingerprint density at radius 2 is 1.75 bits per heavy atom. The van der Waals surface area contributed by atoms with Gasteiger partial charge < -0.3 is 10.1 Å². The van der Waals surface area contributed by atoms with Crippen LogP contribution in [0.3, 0.4) is 0 Å². The van der Waals surface area contributed by atoms with Gasteiger partial charge in [-0.1, -0.05) is 11.6 Å². The lowest BCUT2D eigenvalue weighted by molar-refractivity contribution is -0.148. The third-order valence-electron chi connectivity index (χ3n) is 2.62. The molecule has 24 heavy (non-hydrogen) atoms. The van der Waals surface area contributed by atoms with Gasteiger partial charge in [-0.25, -0.2) is 13.1 Å². The number of sulfonamides is 1. The minimum absolute atomic E-state index is 0.0461. The summed E-state index contributed by atoms with van der Waals surface area (Å²) >= 11 is 5.70. The van der Waals surface area contributed by atoms with E-state index in [0.717, 1.165) is 0 Å². The molecule has 0 fully saturated rings. The van der Waals surface area contributed by atoms with E-state index in [-0.39, 0.29) is 17.9 Å². The number of ether oxygens (including phenoxy) is 1. The first-order chi connectivity index (χ1) is 11.0. The average molecular weight is 377 g/mol. The Morgan fingerprint density at radius 3 is 2.29 bits per heavy atom. The van der Waals surface area contributed by atoms with E-state index in [1.807, 2.05) is 0 Å². The maximum atomic E-state index is 12.0. The molecule has 0 atom stereocenters. The SMILES string of the molecule is CC(C)(C)NC(=O)COC(=O)CCNS(=O)(=O)c1ccc(Cl)cc1. The second-order valence-electron chi connectivity index (χ2n) is 6.06. The van der Waals surface area contributed by atoms with E-state index < -0.39 is 34.0 Å². The number of hydrogen-bond donors (Lipinski definition) is 2. The van der Waals surface area contributed by atoms with Crippen molar-refractivity contribution in [2.24, 2.45) is 0 Å². The van der Waals surface area contributed by atoms with Crippen molar-refractivity contribution in [3.05, 3.63) is 29.3 Å². The summed E-state index contributed by atoms with van der Waals surface area (Å²) in [5.74, 6) is -1.09. The summed E-state index contributed by atoms with van der Waals surface area (Å²) in [5, 5.41) is 3.06. The number of halogens is 1. The number of carbonyl (C=O) groups excluding carboxylic acids is 2. The van der Waals surface area contributed by atoms with Gasteiger partial charge in [0.1, 0.15) is 0 Å². The molecule has 0 aliphatic carbocycles. The highest BCUT2D eigenvalue weighted by Crippen LogP contribution is 2.13. The van der Waals surface area contributed by atoms with Crippen molar-refractivity contribution in [1.82, 2.24) is 10.0 Å². The van der Waals surface area contributed by atoms with Gasteiger partial charge in [0.25, 0.3) is 5.91 Å².